The second-order valence-corrected chi connectivity index (χ2v) is 10.0. The zero-order valence-electron chi connectivity index (χ0n) is 16.5. The SMILES string of the molecule is CN(C)c1ccc([C@H](CC(=O)c2ccccc2)S(=O)(=O)c2ccc(Cl)c(Cl)c2)cc1. The standard InChI is InChI=1S/C23H21Cl2NO3S/c1-26(2)18-10-8-17(9-11-18)23(15-22(27)16-6-4-3-5-7-16)30(28,29)19-12-13-20(24)21(25)14-19/h3-14,23H,15H2,1-2H3/t23-/m0/s1. The van der Waals surface area contributed by atoms with E-state index in [4.69, 9.17) is 23.2 Å². The summed E-state index contributed by atoms with van der Waals surface area (Å²) in [5.74, 6) is -0.249. The van der Waals surface area contributed by atoms with Gasteiger partial charge in [0.05, 0.1) is 20.2 Å². The first kappa shape index (κ1) is 22.3. The Labute approximate surface area is 187 Å². The number of sulfone groups is 1. The van der Waals surface area contributed by atoms with Crippen LogP contribution < -0.4 is 4.90 Å². The van der Waals surface area contributed by atoms with E-state index < -0.39 is 15.1 Å². The molecule has 3 aromatic carbocycles. The van der Waals surface area contributed by atoms with Gasteiger partial charge in [-0.2, -0.15) is 0 Å². The van der Waals surface area contributed by atoms with Gasteiger partial charge < -0.3 is 4.90 Å². The maximum atomic E-state index is 13.5. The Morgan fingerprint density at radius 3 is 2.10 bits per heavy atom. The first-order valence-electron chi connectivity index (χ1n) is 9.24. The zero-order valence-corrected chi connectivity index (χ0v) is 18.9. The van der Waals surface area contributed by atoms with Gasteiger partial charge in [-0.3, -0.25) is 4.79 Å². The summed E-state index contributed by atoms with van der Waals surface area (Å²) in [7, 11) is -0.106. The van der Waals surface area contributed by atoms with Crippen LogP contribution in [0, 0.1) is 0 Å². The molecule has 0 aromatic heterocycles. The van der Waals surface area contributed by atoms with Gasteiger partial charge >= 0.3 is 0 Å². The van der Waals surface area contributed by atoms with E-state index in [-0.39, 0.29) is 27.1 Å². The lowest BCUT2D eigenvalue weighted by Gasteiger charge is -2.20. The summed E-state index contributed by atoms with van der Waals surface area (Å²) >= 11 is 12.0. The summed E-state index contributed by atoms with van der Waals surface area (Å²) in [6.07, 6.45) is -0.187. The van der Waals surface area contributed by atoms with E-state index in [9.17, 15) is 13.2 Å². The number of carbonyl (C=O) groups is 1. The predicted molar refractivity (Wildman–Crippen MR) is 123 cm³/mol. The normalized spacial score (nSPS) is 12.4. The van der Waals surface area contributed by atoms with Gasteiger partial charge in [-0.1, -0.05) is 65.7 Å². The van der Waals surface area contributed by atoms with Crippen molar-refractivity contribution in [2.75, 3.05) is 19.0 Å². The van der Waals surface area contributed by atoms with Crippen molar-refractivity contribution in [1.29, 1.82) is 0 Å². The molecule has 3 aromatic rings. The fourth-order valence-electron chi connectivity index (χ4n) is 3.12. The molecule has 0 amide bonds. The maximum Gasteiger partial charge on any atom is 0.185 e. The fourth-order valence-corrected chi connectivity index (χ4v) is 5.24. The van der Waals surface area contributed by atoms with E-state index in [2.05, 4.69) is 0 Å². The second kappa shape index (κ2) is 9.21. The molecule has 0 spiro atoms. The molecule has 0 fully saturated rings. The van der Waals surface area contributed by atoms with E-state index >= 15 is 0 Å². The minimum absolute atomic E-state index is 0.0273. The summed E-state index contributed by atoms with van der Waals surface area (Å²) in [5.41, 5.74) is 1.94. The molecular weight excluding hydrogens is 441 g/mol. The Kier molecular flexibility index (Phi) is 6.86. The molecule has 0 aliphatic heterocycles. The lowest BCUT2D eigenvalue weighted by molar-refractivity contribution is 0.0980. The number of ketones is 1. The van der Waals surface area contributed by atoms with Crippen LogP contribution in [0.3, 0.4) is 0 Å². The van der Waals surface area contributed by atoms with Crippen LogP contribution in [0.25, 0.3) is 0 Å². The van der Waals surface area contributed by atoms with Gasteiger partial charge in [0.1, 0.15) is 0 Å². The topological polar surface area (TPSA) is 54.5 Å². The first-order valence-corrected chi connectivity index (χ1v) is 11.5. The highest BCUT2D eigenvalue weighted by molar-refractivity contribution is 7.91. The number of benzene rings is 3. The van der Waals surface area contributed by atoms with Crippen LogP contribution in [-0.4, -0.2) is 28.3 Å². The number of carbonyl (C=O) groups excluding carboxylic acids is 1. The van der Waals surface area contributed by atoms with Crippen LogP contribution in [0.15, 0.2) is 77.7 Å². The molecule has 156 valence electrons. The summed E-state index contributed by atoms with van der Waals surface area (Å²) in [4.78, 5) is 14.8. The van der Waals surface area contributed by atoms with Gasteiger partial charge in [-0.15, -0.1) is 0 Å². The monoisotopic (exact) mass is 461 g/mol. The minimum Gasteiger partial charge on any atom is -0.378 e. The highest BCUT2D eigenvalue weighted by atomic mass is 35.5. The van der Waals surface area contributed by atoms with Gasteiger partial charge in [0.2, 0.25) is 0 Å². The van der Waals surface area contributed by atoms with Crippen molar-refractivity contribution in [2.24, 2.45) is 0 Å². The number of halogens is 2. The predicted octanol–water partition coefficient (Wildman–Crippen LogP) is 5.85. The molecule has 0 bridgehead atoms. The van der Waals surface area contributed by atoms with Crippen molar-refractivity contribution in [3.8, 4) is 0 Å². The number of anilines is 1. The Bertz CT molecular complexity index is 1140. The molecule has 4 nitrogen and oxygen atoms in total. The van der Waals surface area contributed by atoms with E-state index in [1.807, 2.05) is 31.1 Å². The molecule has 0 aliphatic carbocycles. The van der Waals surface area contributed by atoms with Crippen molar-refractivity contribution in [1.82, 2.24) is 0 Å². The average molecular weight is 462 g/mol. The number of Topliss-reactive ketones (excluding diaryl/α,β-unsaturated/α-hetero) is 1. The van der Waals surface area contributed by atoms with Crippen molar-refractivity contribution in [2.45, 2.75) is 16.6 Å². The van der Waals surface area contributed by atoms with Gasteiger partial charge in [-0.05, 0) is 35.9 Å². The number of rotatable bonds is 7. The van der Waals surface area contributed by atoms with Crippen LogP contribution >= 0.6 is 23.2 Å². The Morgan fingerprint density at radius 2 is 1.53 bits per heavy atom. The summed E-state index contributed by atoms with van der Waals surface area (Å²) in [6.45, 7) is 0. The molecule has 0 radical (unpaired) electrons. The Balaban J connectivity index is 2.06. The molecule has 0 saturated carbocycles. The lowest BCUT2D eigenvalue weighted by Crippen LogP contribution is -2.18. The van der Waals surface area contributed by atoms with Crippen LogP contribution in [0.4, 0.5) is 5.69 Å². The smallest absolute Gasteiger partial charge is 0.185 e. The third-order valence-electron chi connectivity index (χ3n) is 4.84. The van der Waals surface area contributed by atoms with Gasteiger partial charge in [-0.25, -0.2) is 8.42 Å². The summed E-state index contributed by atoms with van der Waals surface area (Å²) in [6, 6.07) is 20.0. The summed E-state index contributed by atoms with van der Waals surface area (Å²) in [5, 5.41) is -0.643. The third kappa shape index (κ3) is 4.86. The molecule has 0 heterocycles. The number of hydrogen-bond acceptors (Lipinski definition) is 4. The van der Waals surface area contributed by atoms with E-state index in [1.54, 1.807) is 42.5 Å². The lowest BCUT2D eigenvalue weighted by atomic mass is 10.0. The van der Waals surface area contributed by atoms with Crippen LogP contribution in [-0.2, 0) is 9.84 Å². The van der Waals surface area contributed by atoms with Gasteiger partial charge in [0.15, 0.2) is 15.6 Å². The molecule has 30 heavy (non-hydrogen) atoms. The maximum absolute atomic E-state index is 13.5. The third-order valence-corrected chi connectivity index (χ3v) is 7.68. The van der Waals surface area contributed by atoms with E-state index in [0.29, 0.717) is 11.1 Å². The van der Waals surface area contributed by atoms with Crippen molar-refractivity contribution in [3.63, 3.8) is 0 Å². The Morgan fingerprint density at radius 1 is 0.900 bits per heavy atom. The molecule has 0 unspecified atom stereocenters. The Hall–Kier alpha value is -2.34. The molecule has 0 N–H and O–H groups in total. The molecule has 0 aliphatic rings. The molecule has 0 saturated heterocycles. The zero-order chi connectivity index (χ0) is 21.9. The molecular formula is C23H21Cl2NO3S. The van der Waals surface area contributed by atoms with Gasteiger partial charge in [0.25, 0.3) is 0 Å². The highest BCUT2D eigenvalue weighted by Gasteiger charge is 2.32. The number of hydrogen-bond donors (Lipinski definition) is 0. The molecule has 7 heteroatoms. The average Bonchev–Trinajstić information content (AvgIpc) is 2.74. The quantitative estimate of drug-likeness (QED) is 0.414. The van der Waals surface area contributed by atoms with Crippen molar-refractivity contribution in [3.05, 3.63) is 94.0 Å². The largest absolute Gasteiger partial charge is 0.378 e. The molecule has 3 rings (SSSR count). The number of nitrogens with zero attached hydrogens (tertiary/aromatic N) is 1. The van der Waals surface area contributed by atoms with Gasteiger partial charge in [0, 0.05) is 31.8 Å². The van der Waals surface area contributed by atoms with Crippen LogP contribution in [0.2, 0.25) is 10.0 Å². The fraction of sp³-hybridized carbons (Fsp3) is 0.174. The summed E-state index contributed by atoms with van der Waals surface area (Å²) < 4.78 is 27.0. The van der Waals surface area contributed by atoms with Crippen molar-refractivity contribution < 1.29 is 13.2 Å². The van der Waals surface area contributed by atoms with E-state index in [1.165, 1.54) is 18.2 Å². The first-order chi connectivity index (χ1) is 14.2. The molecule has 1 atom stereocenters. The van der Waals surface area contributed by atoms with Crippen LogP contribution in [0.5, 0.6) is 0 Å². The van der Waals surface area contributed by atoms with Crippen molar-refractivity contribution >= 4 is 44.5 Å². The van der Waals surface area contributed by atoms with E-state index in [0.717, 1.165) is 5.69 Å². The minimum atomic E-state index is -3.91. The second-order valence-electron chi connectivity index (χ2n) is 7.09. The highest BCUT2D eigenvalue weighted by Crippen LogP contribution is 2.36. The van der Waals surface area contributed by atoms with Crippen LogP contribution in [0.1, 0.15) is 27.6 Å².